The van der Waals surface area contributed by atoms with Crippen LogP contribution in [0.5, 0.6) is 0 Å². The number of hydrogen-bond acceptors (Lipinski definition) is 7. The molecule has 4 N–H and O–H groups in total. The minimum absolute atomic E-state index is 0.105. The predicted molar refractivity (Wildman–Crippen MR) is 63.7 cm³/mol. The van der Waals surface area contributed by atoms with Crippen LogP contribution < -0.4 is 11.2 Å². The Hall–Kier alpha value is -1.69. The maximum absolute atomic E-state index is 11.6. The lowest BCUT2D eigenvalue weighted by Crippen LogP contribution is -2.32. The number of hydrogen-bond donors (Lipinski definition) is 3. The van der Waals surface area contributed by atoms with Gasteiger partial charge in [0, 0.05) is 0 Å². The Bertz CT molecular complexity index is 681. The summed E-state index contributed by atoms with van der Waals surface area (Å²) in [5.41, 5.74) is 6.69. The standard InChI is InChI=1S/C8H10N2O7S2/c9-6-3-1-2-4-7(6)19(15,16)17-10-8(11)5-18(12,13)14/h1-4H,5,9H2,(H,10,11)(H,12,13,14). The van der Waals surface area contributed by atoms with Crippen molar-refractivity contribution in [2.45, 2.75) is 4.90 Å². The zero-order valence-corrected chi connectivity index (χ0v) is 10.9. The number of benzene rings is 1. The Labute approximate surface area is 109 Å². The molecule has 0 aromatic heterocycles. The summed E-state index contributed by atoms with van der Waals surface area (Å²) in [6.07, 6.45) is 0. The van der Waals surface area contributed by atoms with Gasteiger partial charge < -0.3 is 5.73 Å². The van der Waals surface area contributed by atoms with Crippen molar-refractivity contribution < 1.29 is 30.5 Å². The van der Waals surface area contributed by atoms with Crippen LogP contribution in [0.15, 0.2) is 29.2 Å². The molecular formula is C8H10N2O7S2. The average Bonchev–Trinajstić information content (AvgIpc) is 2.24. The van der Waals surface area contributed by atoms with E-state index in [0.29, 0.717) is 0 Å². The lowest BCUT2D eigenvalue weighted by Gasteiger charge is -2.07. The number of hydroxylamine groups is 1. The zero-order valence-electron chi connectivity index (χ0n) is 9.31. The molecule has 1 aromatic carbocycles. The van der Waals surface area contributed by atoms with E-state index in [9.17, 15) is 21.6 Å². The molecule has 19 heavy (non-hydrogen) atoms. The highest BCUT2D eigenvalue weighted by atomic mass is 32.2. The van der Waals surface area contributed by atoms with Gasteiger partial charge >= 0.3 is 10.1 Å². The summed E-state index contributed by atoms with van der Waals surface area (Å²) in [6.45, 7) is 0. The summed E-state index contributed by atoms with van der Waals surface area (Å²) in [4.78, 5) is 10.6. The van der Waals surface area contributed by atoms with Crippen LogP contribution in [0.1, 0.15) is 0 Å². The molecule has 0 radical (unpaired) electrons. The molecule has 1 aromatic rings. The molecule has 0 aliphatic heterocycles. The topological polar surface area (TPSA) is 153 Å². The summed E-state index contributed by atoms with van der Waals surface area (Å²) >= 11 is 0. The summed E-state index contributed by atoms with van der Waals surface area (Å²) in [7, 11) is -8.95. The van der Waals surface area contributed by atoms with Gasteiger partial charge in [-0.25, -0.2) is 5.48 Å². The Kier molecular flexibility index (Phi) is 4.47. The zero-order chi connectivity index (χ0) is 14.7. The first-order valence-electron chi connectivity index (χ1n) is 4.64. The van der Waals surface area contributed by atoms with Crippen molar-refractivity contribution in [3.8, 4) is 0 Å². The van der Waals surface area contributed by atoms with Crippen LogP contribution in [-0.2, 0) is 29.3 Å². The van der Waals surface area contributed by atoms with Crippen molar-refractivity contribution in [1.82, 2.24) is 5.48 Å². The molecule has 0 heterocycles. The number of rotatable bonds is 5. The molecule has 11 heteroatoms. The van der Waals surface area contributed by atoms with E-state index in [1.807, 2.05) is 0 Å². The first kappa shape index (κ1) is 15.4. The van der Waals surface area contributed by atoms with Crippen LogP contribution in [0.2, 0.25) is 0 Å². The minimum Gasteiger partial charge on any atom is -0.398 e. The molecule has 1 amide bonds. The lowest BCUT2D eigenvalue weighted by molar-refractivity contribution is -0.124. The van der Waals surface area contributed by atoms with E-state index in [2.05, 4.69) is 4.28 Å². The third-order valence-electron chi connectivity index (χ3n) is 1.77. The fourth-order valence-electron chi connectivity index (χ4n) is 1.05. The van der Waals surface area contributed by atoms with E-state index in [4.69, 9.17) is 10.3 Å². The monoisotopic (exact) mass is 310 g/mol. The molecule has 0 spiro atoms. The third-order valence-corrected chi connectivity index (χ3v) is 3.61. The quantitative estimate of drug-likeness (QED) is 0.351. The van der Waals surface area contributed by atoms with Gasteiger partial charge in [0.15, 0.2) is 5.75 Å². The van der Waals surface area contributed by atoms with Crippen molar-refractivity contribution in [3.05, 3.63) is 24.3 Å². The highest BCUT2D eigenvalue weighted by molar-refractivity contribution is 7.87. The van der Waals surface area contributed by atoms with Gasteiger partial charge in [-0.1, -0.05) is 12.1 Å². The second kappa shape index (κ2) is 5.52. The van der Waals surface area contributed by atoms with Crippen LogP contribution in [0.25, 0.3) is 0 Å². The van der Waals surface area contributed by atoms with Gasteiger partial charge in [-0.15, -0.1) is 4.28 Å². The van der Waals surface area contributed by atoms with Crippen LogP contribution in [0, 0.1) is 0 Å². The molecule has 9 nitrogen and oxygen atoms in total. The molecule has 0 saturated heterocycles. The van der Waals surface area contributed by atoms with Crippen LogP contribution in [0.3, 0.4) is 0 Å². The lowest BCUT2D eigenvalue weighted by atomic mass is 10.3. The van der Waals surface area contributed by atoms with E-state index in [1.165, 1.54) is 23.7 Å². The average molecular weight is 310 g/mol. The van der Waals surface area contributed by atoms with Gasteiger partial charge in [-0.05, 0) is 12.1 Å². The van der Waals surface area contributed by atoms with Gasteiger partial charge in [0.2, 0.25) is 0 Å². The smallest absolute Gasteiger partial charge is 0.319 e. The fourth-order valence-corrected chi connectivity index (χ4v) is 2.33. The number of nitrogens with one attached hydrogen (secondary N) is 1. The normalized spacial score (nSPS) is 12.1. The predicted octanol–water partition coefficient (Wildman–Crippen LogP) is -1.11. The summed E-state index contributed by atoms with van der Waals surface area (Å²) in [5.74, 6) is -2.67. The van der Waals surface area contributed by atoms with E-state index in [0.717, 1.165) is 6.07 Å². The first-order chi connectivity index (χ1) is 8.62. The van der Waals surface area contributed by atoms with Gasteiger partial charge in [-0.3, -0.25) is 9.35 Å². The minimum atomic E-state index is -4.58. The molecular weight excluding hydrogens is 300 g/mol. The maximum Gasteiger partial charge on any atom is 0.319 e. The van der Waals surface area contributed by atoms with E-state index in [-0.39, 0.29) is 10.6 Å². The summed E-state index contributed by atoms with van der Waals surface area (Å²) < 4.78 is 56.4. The van der Waals surface area contributed by atoms with Gasteiger partial charge in [0.25, 0.3) is 16.0 Å². The molecule has 0 bridgehead atoms. The molecule has 0 saturated carbocycles. The molecule has 0 aliphatic rings. The van der Waals surface area contributed by atoms with Crippen LogP contribution >= 0.6 is 0 Å². The van der Waals surface area contributed by atoms with Crippen molar-refractivity contribution in [2.24, 2.45) is 0 Å². The van der Waals surface area contributed by atoms with Gasteiger partial charge in [0.1, 0.15) is 4.90 Å². The molecule has 0 unspecified atom stereocenters. The SMILES string of the molecule is Nc1ccccc1S(=O)(=O)ONC(=O)CS(=O)(=O)O. The molecule has 0 atom stereocenters. The van der Waals surface area contributed by atoms with Gasteiger partial charge in [0.05, 0.1) is 5.69 Å². The maximum atomic E-state index is 11.6. The van der Waals surface area contributed by atoms with E-state index in [1.54, 1.807) is 0 Å². The van der Waals surface area contributed by atoms with E-state index >= 15 is 0 Å². The second-order valence-electron chi connectivity index (χ2n) is 3.33. The summed E-state index contributed by atoms with van der Waals surface area (Å²) in [6, 6.07) is 5.31. The number of nitrogen functional groups attached to an aromatic ring is 1. The van der Waals surface area contributed by atoms with Gasteiger partial charge in [-0.2, -0.15) is 16.8 Å². The Morgan fingerprint density at radius 2 is 1.84 bits per heavy atom. The van der Waals surface area contributed by atoms with Crippen molar-refractivity contribution in [2.75, 3.05) is 11.5 Å². The number of anilines is 1. The first-order valence-corrected chi connectivity index (χ1v) is 7.65. The molecule has 1 rings (SSSR count). The Morgan fingerprint density at radius 3 is 2.37 bits per heavy atom. The highest BCUT2D eigenvalue weighted by Gasteiger charge is 2.21. The Balaban J connectivity index is 2.78. The number of nitrogens with two attached hydrogens (primary N) is 1. The largest absolute Gasteiger partial charge is 0.398 e. The van der Waals surface area contributed by atoms with Crippen LogP contribution in [0.4, 0.5) is 5.69 Å². The van der Waals surface area contributed by atoms with Crippen molar-refractivity contribution >= 4 is 31.8 Å². The van der Waals surface area contributed by atoms with E-state index < -0.39 is 31.9 Å². The second-order valence-corrected chi connectivity index (χ2v) is 6.29. The number of para-hydroxylation sites is 1. The number of amides is 1. The molecule has 0 aliphatic carbocycles. The van der Waals surface area contributed by atoms with Crippen molar-refractivity contribution in [3.63, 3.8) is 0 Å². The Morgan fingerprint density at radius 1 is 1.26 bits per heavy atom. The molecule has 106 valence electrons. The van der Waals surface area contributed by atoms with Crippen molar-refractivity contribution in [1.29, 1.82) is 0 Å². The fraction of sp³-hybridized carbons (Fsp3) is 0.125. The highest BCUT2D eigenvalue weighted by Crippen LogP contribution is 2.18. The number of carbonyl (C=O) groups excluding carboxylic acids is 1. The number of carbonyl (C=O) groups is 1. The van der Waals surface area contributed by atoms with Crippen LogP contribution in [-0.4, -0.2) is 33.0 Å². The molecule has 0 fully saturated rings. The third kappa shape index (κ3) is 4.82. The summed E-state index contributed by atoms with van der Waals surface area (Å²) in [5, 5.41) is 0.